The van der Waals surface area contributed by atoms with E-state index in [4.69, 9.17) is 5.11 Å². The fourth-order valence-corrected chi connectivity index (χ4v) is 1.57. The van der Waals surface area contributed by atoms with Crippen molar-refractivity contribution in [1.29, 1.82) is 0 Å². The van der Waals surface area contributed by atoms with Gasteiger partial charge in [-0.2, -0.15) is 0 Å². The minimum Gasteiger partial charge on any atom is -0.477 e. The number of fused-ring (bicyclic) bond motifs is 1. The second-order valence-electron chi connectivity index (χ2n) is 3.38. The molecule has 17 heavy (non-hydrogen) atoms. The first-order chi connectivity index (χ1) is 8.04. The van der Waals surface area contributed by atoms with Crippen LogP contribution in [0.25, 0.3) is 11.0 Å². The summed E-state index contributed by atoms with van der Waals surface area (Å²) in [5.41, 5.74) is -1.29. The summed E-state index contributed by atoms with van der Waals surface area (Å²) in [6.07, 6.45) is 0. The Morgan fingerprint density at radius 3 is 2.76 bits per heavy atom. The Morgan fingerprint density at radius 2 is 2.18 bits per heavy atom. The zero-order chi connectivity index (χ0) is 12.6. The van der Waals surface area contributed by atoms with Crippen molar-refractivity contribution in [3.05, 3.63) is 38.7 Å². The fraction of sp³-hybridized carbons (Fsp3) is 0.200. The molecule has 0 aromatic carbocycles. The van der Waals surface area contributed by atoms with Gasteiger partial charge in [-0.1, -0.05) is 0 Å². The number of carboxylic acid groups (broad SMARTS) is 1. The third-order valence-electron chi connectivity index (χ3n) is 2.38. The van der Waals surface area contributed by atoms with Crippen LogP contribution in [-0.4, -0.2) is 25.6 Å². The number of carboxylic acids is 1. The number of hydrogen-bond acceptors (Lipinski definition) is 4. The molecule has 0 atom stereocenters. The van der Waals surface area contributed by atoms with Crippen LogP contribution >= 0.6 is 0 Å². The maximum Gasteiger partial charge on any atom is 0.354 e. The predicted molar refractivity (Wildman–Crippen MR) is 59.3 cm³/mol. The van der Waals surface area contributed by atoms with Crippen molar-refractivity contribution in [2.75, 3.05) is 0 Å². The smallest absolute Gasteiger partial charge is 0.354 e. The number of carbonyl (C=O) groups is 1. The van der Waals surface area contributed by atoms with Crippen molar-refractivity contribution in [2.45, 2.75) is 13.5 Å². The summed E-state index contributed by atoms with van der Waals surface area (Å²) < 4.78 is 1.21. The average molecular weight is 235 g/mol. The van der Waals surface area contributed by atoms with E-state index in [0.717, 1.165) is 0 Å². The lowest BCUT2D eigenvalue weighted by Gasteiger charge is -2.05. The standard InChI is InChI=1S/C10H9N3O4/c1-2-13-7-5(8(14)12-10(13)17)3-4-6(11-7)9(15)16/h3-4H,2H2,1H3,(H,15,16)(H,12,14,17). The van der Waals surface area contributed by atoms with E-state index in [9.17, 15) is 14.4 Å². The number of nitrogens with zero attached hydrogens (tertiary/aromatic N) is 2. The van der Waals surface area contributed by atoms with Crippen molar-refractivity contribution in [1.82, 2.24) is 14.5 Å². The molecule has 0 spiro atoms. The molecule has 0 aliphatic rings. The molecule has 0 amide bonds. The van der Waals surface area contributed by atoms with Crippen molar-refractivity contribution in [3.8, 4) is 0 Å². The van der Waals surface area contributed by atoms with Gasteiger partial charge in [0.2, 0.25) is 0 Å². The highest BCUT2D eigenvalue weighted by Crippen LogP contribution is 2.06. The first-order valence-electron chi connectivity index (χ1n) is 4.91. The summed E-state index contributed by atoms with van der Waals surface area (Å²) in [6, 6.07) is 2.57. The van der Waals surface area contributed by atoms with E-state index in [1.165, 1.54) is 16.7 Å². The molecular formula is C10H9N3O4. The van der Waals surface area contributed by atoms with Gasteiger partial charge in [0.25, 0.3) is 5.56 Å². The topological polar surface area (TPSA) is 105 Å². The van der Waals surface area contributed by atoms with Gasteiger partial charge in [-0.05, 0) is 19.1 Å². The van der Waals surface area contributed by atoms with Crippen molar-refractivity contribution in [3.63, 3.8) is 0 Å². The van der Waals surface area contributed by atoms with Crippen LogP contribution in [0.5, 0.6) is 0 Å². The van der Waals surface area contributed by atoms with Gasteiger partial charge in [0.05, 0.1) is 5.39 Å². The largest absolute Gasteiger partial charge is 0.477 e. The molecule has 7 heteroatoms. The monoisotopic (exact) mass is 235 g/mol. The Balaban J connectivity index is 2.96. The molecule has 2 heterocycles. The molecule has 0 saturated heterocycles. The number of aromatic nitrogens is 3. The molecule has 0 saturated carbocycles. The zero-order valence-corrected chi connectivity index (χ0v) is 8.93. The Bertz CT molecular complexity index is 714. The lowest BCUT2D eigenvalue weighted by molar-refractivity contribution is 0.0691. The Kier molecular flexibility index (Phi) is 2.51. The molecule has 2 rings (SSSR count). The van der Waals surface area contributed by atoms with E-state index < -0.39 is 17.2 Å². The van der Waals surface area contributed by atoms with Gasteiger partial charge in [-0.25, -0.2) is 14.6 Å². The summed E-state index contributed by atoms with van der Waals surface area (Å²) in [5.74, 6) is -1.21. The van der Waals surface area contributed by atoms with Crippen LogP contribution in [0, 0.1) is 0 Å². The molecule has 0 radical (unpaired) electrons. The SMILES string of the molecule is CCn1c(=O)[nH]c(=O)c2ccc(C(=O)O)nc21. The lowest BCUT2D eigenvalue weighted by Crippen LogP contribution is -2.30. The Morgan fingerprint density at radius 1 is 1.47 bits per heavy atom. The highest BCUT2D eigenvalue weighted by Gasteiger charge is 2.11. The van der Waals surface area contributed by atoms with E-state index in [0.29, 0.717) is 6.54 Å². The van der Waals surface area contributed by atoms with E-state index in [2.05, 4.69) is 9.97 Å². The van der Waals surface area contributed by atoms with Crippen molar-refractivity contribution >= 4 is 17.0 Å². The van der Waals surface area contributed by atoms with Crippen LogP contribution < -0.4 is 11.2 Å². The number of rotatable bonds is 2. The van der Waals surface area contributed by atoms with E-state index in [1.807, 2.05) is 0 Å². The van der Waals surface area contributed by atoms with Gasteiger partial charge in [0.15, 0.2) is 11.3 Å². The number of H-pyrrole nitrogens is 1. The number of aromatic amines is 1. The van der Waals surface area contributed by atoms with Gasteiger partial charge >= 0.3 is 11.7 Å². The second-order valence-corrected chi connectivity index (χ2v) is 3.38. The van der Waals surface area contributed by atoms with Crippen LogP contribution in [0.4, 0.5) is 0 Å². The number of aromatic carboxylic acids is 1. The molecule has 88 valence electrons. The molecule has 7 nitrogen and oxygen atoms in total. The van der Waals surface area contributed by atoms with Crippen LogP contribution in [0.1, 0.15) is 17.4 Å². The van der Waals surface area contributed by atoms with E-state index in [1.54, 1.807) is 6.92 Å². The molecule has 0 aliphatic heterocycles. The Labute approximate surface area is 94.4 Å². The molecule has 0 fully saturated rings. The number of hydrogen-bond donors (Lipinski definition) is 2. The number of aryl methyl sites for hydroxylation is 1. The molecule has 2 aromatic heterocycles. The van der Waals surface area contributed by atoms with Gasteiger partial charge in [-0.3, -0.25) is 14.3 Å². The van der Waals surface area contributed by atoms with Gasteiger partial charge < -0.3 is 5.11 Å². The summed E-state index contributed by atoms with van der Waals surface area (Å²) in [4.78, 5) is 39.7. The second kappa shape index (κ2) is 3.85. The zero-order valence-electron chi connectivity index (χ0n) is 8.93. The van der Waals surface area contributed by atoms with Crippen LogP contribution in [0.15, 0.2) is 21.7 Å². The molecular weight excluding hydrogens is 226 g/mol. The first kappa shape index (κ1) is 11.1. The fourth-order valence-electron chi connectivity index (χ4n) is 1.57. The predicted octanol–water partition coefficient (Wildman–Crippen LogP) is -0.197. The van der Waals surface area contributed by atoms with E-state index >= 15 is 0 Å². The molecule has 0 bridgehead atoms. The van der Waals surface area contributed by atoms with Crippen LogP contribution in [0.3, 0.4) is 0 Å². The maximum absolute atomic E-state index is 11.5. The van der Waals surface area contributed by atoms with Gasteiger partial charge in [0.1, 0.15) is 0 Å². The lowest BCUT2D eigenvalue weighted by atomic mass is 10.3. The summed E-state index contributed by atoms with van der Waals surface area (Å²) >= 11 is 0. The molecule has 2 N–H and O–H groups in total. The third-order valence-corrected chi connectivity index (χ3v) is 2.38. The van der Waals surface area contributed by atoms with Crippen molar-refractivity contribution < 1.29 is 9.90 Å². The van der Waals surface area contributed by atoms with Gasteiger partial charge in [0, 0.05) is 6.54 Å². The minimum atomic E-state index is -1.21. The number of nitrogens with one attached hydrogen (secondary N) is 1. The minimum absolute atomic E-state index is 0.0844. The van der Waals surface area contributed by atoms with Crippen molar-refractivity contribution in [2.24, 2.45) is 0 Å². The molecule has 2 aromatic rings. The summed E-state index contributed by atoms with van der Waals surface area (Å²) in [5, 5.41) is 9.00. The highest BCUT2D eigenvalue weighted by molar-refractivity contribution is 5.88. The molecule has 0 aliphatic carbocycles. The molecule has 0 unspecified atom stereocenters. The maximum atomic E-state index is 11.5. The number of pyridine rings is 1. The van der Waals surface area contributed by atoms with Crippen LogP contribution in [0.2, 0.25) is 0 Å². The van der Waals surface area contributed by atoms with Crippen LogP contribution in [-0.2, 0) is 6.54 Å². The average Bonchev–Trinajstić information content (AvgIpc) is 2.28. The van der Waals surface area contributed by atoms with E-state index in [-0.39, 0.29) is 16.7 Å². The summed E-state index contributed by atoms with van der Waals surface area (Å²) in [6.45, 7) is 2.00. The normalized spacial score (nSPS) is 10.6. The Hall–Kier alpha value is -2.44. The van der Waals surface area contributed by atoms with Gasteiger partial charge in [-0.15, -0.1) is 0 Å². The highest BCUT2D eigenvalue weighted by atomic mass is 16.4. The quantitative estimate of drug-likeness (QED) is 0.750. The third kappa shape index (κ3) is 1.71. The summed E-state index contributed by atoms with van der Waals surface area (Å²) in [7, 11) is 0. The first-order valence-corrected chi connectivity index (χ1v) is 4.91.